The molecular weight excluding hydrogens is 490 g/mol. The van der Waals surface area contributed by atoms with Crippen LogP contribution in [0.4, 0.5) is 8.78 Å². The van der Waals surface area contributed by atoms with Crippen molar-refractivity contribution in [1.82, 2.24) is 0 Å². The van der Waals surface area contributed by atoms with E-state index in [9.17, 15) is 23.2 Å². The second-order valence-electron chi connectivity index (χ2n) is 12.4. The predicted octanol–water partition coefficient (Wildman–Crippen LogP) is 7.75. The normalized spacial score (nSPS) is 31.6. The van der Waals surface area contributed by atoms with Gasteiger partial charge in [-0.15, -0.1) is 0 Å². The first-order valence-electron chi connectivity index (χ1n) is 14.9. The highest BCUT2D eigenvalue weighted by molar-refractivity contribution is 7.84. The molecule has 0 saturated heterocycles. The van der Waals surface area contributed by atoms with E-state index in [4.69, 9.17) is 0 Å². The van der Waals surface area contributed by atoms with E-state index in [-0.39, 0.29) is 17.9 Å². The third-order valence-electron chi connectivity index (χ3n) is 10.1. The van der Waals surface area contributed by atoms with Gasteiger partial charge in [0.15, 0.2) is 0 Å². The van der Waals surface area contributed by atoms with Crippen molar-refractivity contribution in [2.75, 3.05) is 11.5 Å². The fraction of sp³-hybridized carbons (Fsp3) is 0.806. The van der Waals surface area contributed by atoms with Gasteiger partial charge in [0, 0.05) is 28.7 Å². The molecule has 37 heavy (non-hydrogen) atoms. The van der Waals surface area contributed by atoms with Crippen molar-refractivity contribution < 1.29 is 23.2 Å². The van der Waals surface area contributed by atoms with E-state index in [0.717, 1.165) is 51.4 Å². The Hall–Kier alpha value is -1.01. The minimum atomic E-state index is -2.28. The number of unbranched alkanes of at least 4 members (excludes halogenated alkanes) is 6. The van der Waals surface area contributed by atoms with Crippen LogP contribution in [0.1, 0.15) is 114 Å². The number of hydrogen-bond donors (Lipinski definition) is 2. The molecule has 2 saturated carbocycles. The van der Waals surface area contributed by atoms with Gasteiger partial charge < -0.3 is 10.2 Å². The number of benzene rings is 1. The van der Waals surface area contributed by atoms with Crippen molar-refractivity contribution in [3.8, 4) is 5.75 Å². The quantitative estimate of drug-likeness (QED) is 0.238. The standard InChI is InChI=1S/C31H48F2O3S/c1-31-17-16-26-25-13-12-24(34)21-23(25)20-22(30(26)27(31)14-15-28(31)35)10-7-5-3-2-4-6-8-18-37(36)19-9-11-29(32)33/h12-13,21-22,26-30,34-35H,2-11,14-20H2,1H3/t22-,26?,27?,28+,30?,31+,37?/m1/s1. The van der Waals surface area contributed by atoms with Gasteiger partial charge in [0.05, 0.1) is 6.10 Å². The summed E-state index contributed by atoms with van der Waals surface area (Å²) in [6.07, 6.45) is 12.5. The van der Waals surface area contributed by atoms with E-state index in [2.05, 4.69) is 13.0 Å². The predicted molar refractivity (Wildman–Crippen MR) is 148 cm³/mol. The van der Waals surface area contributed by atoms with Gasteiger partial charge in [0.1, 0.15) is 5.75 Å². The molecule has 0 amide bonds. The monoisotopic (exact) mass is 538 g/mol. The van der Waals surface area contributed by atoms with E-state index in [1.165, 1.54) is 43.2 Å². The zero-order valence-electron chi connectivity index (χ0n) is 22.7. The minimum absolute atomic E-state index is 0.0699. The molecule has 0 spiro atoms. The molecule has 2 fully saturated rings. The second kappa shape index (κ2) is 13.4. The van der Waals surface area contributed by atoms with Crippen LogP contribution in [0.3, 0.4) is 0 Å². The first-order chi connectivity index (χ1) is 17.8. The van der Waals surface area contributed by atoms with Gasteiger partial charge in [-0.05, 0) is 104 Å². The van der Waals surface area contributed by atoms with Crippen LogP contribution in [0.5, 0.6) is 5.75 Å². The van der Waals surface area contributed by atoms with E-state index < -0.39 is 17.2 Å². The molecule has 210 valence electrons. The summed E-state index contributed by atoms with van der Waals surface area (Å²) in [5.41, 5.74) is 2.87. The number of aliphatic hydroxyl groups is 1. The Kier molecular flexibility index (Phi) is 10.5. The summed E-state index contributed by atoms with van der Waals surface area (Å²) in [5.74, 6) is 3.90. The van der Waals surface area contributed by atoms with Crippen molar-refractivity contribution in [2.45, 2.75) is 122 Å². The van der Waals surface area contributed by atoms with Crippen molar-refractivity contribution in [3.63, 3.8) is 0 Å². The van der Waals surface area contributed by atoms with Gasteiger partial charge in [0.2, 0.25) is 6.43 Å². The molecule has 0 heterocycles. The SMILES string of the molecule is C[C@]12CCC3c4ccc(O)cc4C[C@@H](CCCCCCCCCS(=O)CCCC(F)F)C3C1CC[C@@H]2O. The number of phenolic OH excluding ortho intramolecular Hbond substituents is 1. The topological polar surface area (TPSA) is 57.5 Å². The number of aliphatic hydroxyl groups excluding tert-OH is 1. The van der Waals surface area contributed by atoms with Gasteiger partial charge in [-0.3, -0.25) is 4.21 Å². The molecule has 3 aliphatic carbocycles. The smallest absolute Gasteiger partial charge is 0.238 e. The second-order valence-corrected chi connectivity index (χ2v) is 14.1. The molecule has 2 N–H and O–H groups in total. The Balaban J connectivity index is 1.20. The average molecular weight is 539 g/mol. The van der Waals surface area contributed by atoms with E-state index in [1.807, 2.05) is 12.1 Å². The fourth-order valence-corrected chi connectivity index (χ4v) is 9.30. The number of fused-ring (bicyclic) bond motifs is 5. The van der Waals surface area contributed by atoms with E-state index in [0.29, 0.717) is 47.3 Å². The van der Waals surface area contributed by atoms with E-state index >= 15 is 0 Å². The van der Waals surface area contributed by atoms with Crippen LogP contribution in [0.2, 0.25) is 0 Å². The first kappa shape index (κ1) is 29.0. The molecular formula is C31H48F2O3S. The lowest BCUT2D eigenvalue weighted by molar-refractivity contribution is -0.0396. The Morgan fingerprint density at radius 3 is 2.46 bits per heavy atom. The summed E-state index contributed by atoms with van der Waals surface area (Å²) in [6.45, 7) is 2.34. The zero-order valence-corrected chi connectivity index (χ0v) is 23.5. The summed E-state index contributed by atoms with van der Waals surface area (Å²) in [4.78, 5) is 0. The van der Waals surface area contributed by atoms with Crippen LogP contribution in [-0.4, -0.2) is 38.5 Å². The highest BCUT2D eigenvalue weighted by atomic mass is 32.2. The minimum Gasteiger partial charge on any atom is -0.508 e. The van der Waals surface area contributed by atoms with Crippen molar-refractivity contribution >= 4 is 10.8 Å². The number of hydrogen-bond acceptors (Lipinski definition) is 3. The molecule has 3 aliphatic rings. The van der Waals surface area contributed by atoms with Gasteiger partial charge >= 0.3 is 0 Å². The summed E-state index contributed by atoms with van der Waals surface area (Å²) in [6, 6.07) is 6.03. The van der Waals surface area contributed by atoms with Crippen LogP contribution < -0.4 is 0 Å². The third-order valence-corrected chi connectivity index (χ3v) is 11.6. The number of rotatable bonds is 14. The largest absolute Gasteiger partial charge is 0.508 e. The highest BCUT2D eigenvalue weighted by Gasteiger charge is 2.56. The molecule has 1 aromatic rings. The van der Waals surface area contributed by atoms with Gasteiger partial charge in [-0.1, -0.05) is 51.5 Å². The third kappa shape index (κ3) is 7.15. The summed E-state index contributed by atoms with van der Waals surface area (Å²) < 4.78 is 36.3. The Bertz CT molecular complexity index is 893. The Morgan fingerprint density at radius 1 is 1.00 bits per heavy atom. The summed E-state index contributed by atoms with van der Waals surface area (Å²) >= 11 is 0. The van der Waals surface area contributed by atoms with Gasteiger partial charge in [-0.25, -0.2) is 8.78 Å². The van der Waals surface area contributed by atoms with Crippen LogP contribution in [0.15, 0.2) is 18.2 Å². The molecule has 0 bridgehead atoms. The molecule has 3 nitrogen and oxygen atoms in total. The Labute approximate surface area is 225 Å². The molecule has 7 atom stereocenters. The van der Waals surface area contributed by atoms with Crippen LogP contribution in [0.25, 0.3) is 0 Å². The van der Waals surface area contributed by atoms with Gasteiger partial charge in [-0.2, -0.15) is 0 Å². The maximum Gasteiger partial charge on any atom is 0.238 e. The summed E-state index contributed by atoms with van der Waals surface area (Å²) in [7, 11) is -0.943. The Morgan fingerprint density at radius 2 is 1.70 bits per heavy atom. The number of aromatic hydroxyl groups is 1. The average Bonchev–Trinajstić information content (AvgIpc) is 3.16. The number of alkyl halides is 2. The number of phenols is 1. The lowest BCUT2D eigenvalue weighted by atomic mass is 9.52. The first-order valence-corrected chi connectivity index (χ1v) is 16.4. The molecule has 0 radical (unpaired) electrons. The molecule has 0 aromatic heterocycles. The fourth-order valence-electron chi connectivity index (χ4n) is 8.09. The summed E-state index contributed by atoms with van der Waals surface area (Å²) in [5, 5.41) is 21.0. The van der Waals surface area contributed by atoms with Crippen LogP contribution in [-0.2, 0) is 17.2 Å². The lowest BCUT2D eigenvalue weighted by Crippen LogP contribution is -2.47. The van der Waals surface area contributed by atoms with Gasteiger partial charge in [0.25, 0.3) is 0 Å². The molecule has 0 aliphatic heterocycles. The van der Waals surface area contributed by atoms with E-state index in [1.54, 1.807) is 0 Å². The molecule has 4 unspecified atom stereocenters. The molecule has 4 rings (SSSR count). The lowest BCUT2D eigenvalue weighted by Gasteiger charge is -2.53. The number of halogens is 2. The van der Waals surface area contributed by atoms with Crippen molar-refractivity contribution in [1.29, 1.82) is 0 Å². The highest BCUT2D eigenvalue weighted by Crippen LogP contribution is 2.62. The van der Waals surface area contributed by atoms with Crippen molar-refractivity contribution in [3.05, 3.63) is 29.3 Å². The maximum atomic E-state index is 12.2. The molecule has 1 aromatic carbocycles. The van der Waals surface area contributed by atoms with Crippen LogP contribution in [0, 0.1) is 23.2 Å². The maximum absolute atomic E-state index is 12.2. The van der Waals surface area contributed by atoms with Crippen LogP contribution >= 0.6 is 0 Å². The zero-order chi connectivity index (χ0) is 26.4. The molecule has 6 heteroatoms. The van der Waals surface area contributed by atoms with Crippen molar-refractivity contribution in [2.24, 2.45) is 23.2 Å².